The number of nitrogens with one attached hydrogen (secondary N) is 1. The summed E-state index contributed by atoms with van der Waals surface area (Å²) < 4.78 is 35.5. The maximum atomic E-state index is 13.2. The summed E-state index contributed by atoms with van der Waals surface area (Å²) in [5.74, 6) is -0.483. The quantitative estimate of drug-likeness (QED) is 0.268. The van der Waals surface area contributed by atoms with Crippen LogP contribution in [0, 0.1) is 0 Å². The normalized spacial score (nSPS) is 15.7. The Morgan fingerprint density at radius 2 is 1.75 bits per heavy atom. The number of unbranched alkanes of at least 4 members (excludes halogenated alkanes) is 3. The number of benzene rings is 1. The van der Waals surface area contributed by atoms with Gasteiger partial charge in [0.1, 0.15) is 5.75 Å². The van der Waals surface area contributed by atoms with Gasteiger partial charge in [-0.1, -0.05) is 12.8 Å². The van der Waals surface area contributed by atoms with Crippen LogP contribution in [0.4, 0.5) is 0 Å². The van der Waals surface area contributed by atoms with Gasteiger partial charge in [0, 0.05) is 26.7 Å². The Bertz CT molecular complexity index is 851. The van der Waals surface area contributed by atoms with Crippen molar-refractivity contribution in [2.75, 3.05) is 34.0 Å². The van der Waals surface area contributed by atoms with E-state index in [0.29, 0.717) is 18.8 Å². The molecular formula is C21H32N2O8S. The number of hydroxylamine groups is 3. The molecule has 0 aliphatic carbocycles. The lowest BCUT2D eigenvalue weighted by Gasteiger charge is -2.34. The van der Waals surface area contributed by atoms with E-state index in [1.165, 1.54) is 29.8 Å². The Kier molecular flexibility index (Phi) is 9.88. The molecule has 1 heterocycles. The number of amides is 2. The van der Waals surface area contributed by atoms with Crippen LogP contribution < -0.4 is 10.2 Å². The SMILES string of the molecule is CON(C)C(=O)CCCCCCOc1ccc(S(=O)(=O)C2(C(=O)NO)CCOCC2)cc1. The third-order valence-electron chi connectivity index (χ3n) is 5.64. The molecule has 1 aromatic carbocycles. The van der Waals surface area contributed by atoms with E-state index in [4.69, 9.17) is 19.5 Å². The van der Waals surface area contributed by atoms with Gasteiger partial charge in [0.05, 0.1) is 18.6 Å². The average molecular weight is 473 g/mol. The predicted molar refractivity (Wildman–Crippen MR) is 115 cm³/mol. The molecule has 0 saturated carbocycles. The smallest absolute Gasteiger partial charge is 0.265 e. The van der Waals surface area contributed by atoms with Gasteiger partial charge < -0.3 is 9.47 Å². The number of rotatable bonds is 12. The molecule has 0 unspecified atom stereocenters. The van der Waals surface area contributed by atoms with E-state index < -0.39 is 20.5 Å². The highest BCUT2D eigenvalue weighted by Crippen LogP contribution is 2.35. The van der Waals surface area contributed by atoms with E-state index in [1.54, 1.807) is 19.2 Å². The number of ether oxygens (including phenoxy) is 2. The first-order valence-corrected chi connectivity index (χ1v) is 12.1. The minimum atomic E-state index is -4.05. The number of sulfone groups is 1. The summed E-state index contributed by atoms with van der Waals surface area (Å²) >= 11 is 0. The molecule has 1 aliphatic heterocycles. The Hall–Kier alpha value is -2.21. The largest absolute Gasteiger partial charge is 0.494 e. The van der Waals surface area contributed by atoms with Gasteiger partial charge in [-0.05, 0) is 49.9 Å². The molecule has 2 rings (SSSR count). The molecule has 32 heavy (non-hydrogen) atoms. The van der Waals surface area contributed by atoms with Crippen molar-refractivity contribution in [1.29, 1.82) is 0 Å². The summed E-state index contributed by atoms with van der Waals surface area (Å²) in [5, 5.41) is 10.3. The summed E-state index contributed by atoms with van der Waals surface area (Å²) in [6.45, 7) is 0.697. The lowest BCUT2D eigenvalue weighted by molar-refractivity contribution is -0.168. The second kappa shape index (κ2) is 12.1. The molecule has 1 saturated heterocycles. The Morgan fingerprint density at radius 3 is 2.34 bits per heavy atom. The molecule has 0 spiro atoms. The van der Waals surface area contributed by atoms with Crippen LogP contribution in [-0.2, 0) is 29.0 Å². The highest BCUT2D eigenvalue weighted by atomic mass is 32.2. The van der Waals surface area contributed by atoms with Crippen molar-refractivity contribution < 1.29 is 37.5 Å². The summed E-state index contributed by atoms with van der Waals surface area (Å²) in [6.07, 6.45) is 3.73. The fourth-order valence-corrected chi connectivity index (χ4v) is 5.48. The van der Waals surface area contributed by atoms with Gasteiger partial charge in [-0.2, -0.15) is 0 Å². The number of hydrogen-bond acceptors (Lipinski definition) is 8. The maximum Gasteiger partial charge on any atom is 0.265 e. The van der Waals surface area contributed by atoms with Gasteiger partial charge in [-0.3, -0.25) is 19.6 Å². The first-order chi connectivity index (χ1) is 15.3. The zero-order valence-electron chi connectivity index (χ0n) is 18.5. The zero-order valence-corrected chi connectivity index (χ0v) is 19.4. The van der Waals surface area contributed by atoms with Crippen molar-refractivity contribution in [3.05, 3.63) is 24.3 Å². The summed E-state index contributed by atoms with van der Waals surface area (Å²) in [5.41, 5.74) is 1.50. The van der Waals surface area contributed by atoms with Crippen LogP contribution in [0.3, 0.4) is 0 Å². The van der Waals surface area contributed by atoms with Crippen LogP contribution >= 0.6 is 0 Å². The molecule has 0 bridgehead atoms. The third-order valence-corrected chi connectivity index (χ3v) is 8.16. The van der Waals surface area contributed by atoms with Gasteiger partial charge in [-0.15, -0.1) is 0 Å². The van der Waals surface area contributed by atoms with Crippen LogP contribution in [-0.4, -0.2) is 69.2 Å². The van der Waals surface area contributed by atoms with Crippen LogP contribution in [0.5, 0.6) is 5.75 Å². The summed E-state index contributed by atoms with van der Waals surface area (Å²) in [4.78, 5) is 28.7. The molecule has 180 valence electrons. The first kappa shape index (κ1) is 26.0. The van der Waals surface area contributed by atoms with Gasteiger partial charge in [0.15, 0.2) is 14.6 Å². The highest BCUT2D eigenvalue weighted by molar-refractivity contribution is 7.93. The van der Waals surface area contributed by atoms with Crippen molar-refractivity contribution in [2.24, 2.45) is 0 Å². The van der Waals surface area contributed by atoms with E-state index in [0.717, 1.165) is 25.7 Å². The monoisotopic (exact) mass is 472 g/mol. The molecule has 1 fully saturated rings. The van der Waals surface area contributed by atoms with E-state index in [-0.39, 0.29) is 36.9 Å². The highest BCUT2D eigenvalue weighted by Gasteiger charge is 2.52. The number of carbonyl (C=O) groups is 2. The summed E-state index contributed by atoms with van der Waals surface area (Å²) in [6, 6.07) is 5.92. The minimum absolute atomic E-state index is 0.0129. The lowest BCUT2D eigenvalue weighted by atomic mass is 9.98. The number of hydrogen-bond donors (Lipinski definition) is 2. The van der Waals surface area contributed by atoms with Crippen molar-refractivity contribution in [1.82, 2.24) is 10.5 Å². The Balaban J connectivity index is 1.85. The van der Waals surface area contributed by atoms with Gasteiger partial charge >= 0.3 is 0 Å². The summed E-state index contributed by atoms with van der Waals surface area (Å²) in [7, 11) is -1.02. The van der Waals surface area contributed by atoms with Crippen molar-refractivity contribution in [2.45, 2.75) is 54.6 Å². The fraction of sp³-hybridized carbons (Fsp3) is 0.619. The second-order valence-electron chi connectivity index (χ2n) is 7.61. The van der Waals surface area contributed by atoms with Gasteiger partial charge in [0.25, 0.3) is 5.91 Å². The third kappa shape index (κ3) is 6.18. The molecule has 0 radical (unpaired) electrons. The van der Waals surface area contributed by atoms with Crippen LogP contribution in [0.1, 0.15) is 44.9 Å². The molecule has 2 N–H and O–H groups in total. The van der Waals surface area contributed by atoms with Crippen molar-refractivity contribution in [3.63, 3.8) is 0 Å². The number of nitrogens with zero attached hydrogens (tertiary/aromatic N) is 1. The fourth-order valence-electron chi connectivity index (χ4n) is 3.54. The molecule has 0 atom stereocenters. The molecule has 2 amide bonds. The van der Waals surface area contributed by atoms with Gasteiger partial charge in [0.2, 0.25) is 5.91 Å². The lowest BCUT2D eigenvalue weighted by Crippen LogP contribution is -2.54. The van der Waals surface area contributed by atoms with Crippen molar-refractivity contribution >= 4 is 21.7 Å². The van der Waals surface area contributed by atoms with E-state index in [2.05, 4.69) is 0 Å². The minimum Gasteiger partial charge on any atom is -0.494 e. The van der Waals surface area contributed by atoms with E-state index in [1.807, 2.05) is 0 Å². The van der Waals surface area contributed by atoms with Crippen LogP contribution in [0.25, 0.3) is 0 Å². The number of carbonyl (C=O) groups excluding carboxylic acids is 2. The molecule has 11 heteroatoms. The zero-order chi connectivity index (χ0) is 23.6. The molecule has 10 nitrogen and oxygen atoms in total. The molecule has 1 aromatic rings. The molecule has 0 aromatic heterocycles. The van der Waals surface area contributed by atoms with E-state index >= 15 is 0 Å². The maximum absolute atomic E-state index is 13.2. The standard InChI is InChI=1S/C21H32N2O8S/c1-23(29-2)19(24)7-5-3-4-6-14-31-17-8-10-18(11-9-17)32(27,28)21(20(25)22-26)12-15-30-16-13-21/h8-11,26H,3-7,12-16H2,1-2H3,(H,22,25). The second-order valence-corrected chi connectivity index (χ2v) is 9.87. The Morgan fingerprint density at radius 1 is 1.12 bits per heavy atom. The first-order valence-electron chi connectivity index (χ1n) is 10.6. The van der Waals surface area contributed by atoms with Crippen LogP contribution in [0.15, 0.2) is 29.2 Å². The Labute approximate surface area is 188 Å². The molecule has 1 aliphatic rings. The van der Waals surface area contributed by atoms with Crippen LogP contribution in [0.2, 0.25) is 0 Å². The van der Waals surface area contributed by atoms with Gasteiger partial charge in [-0.25, -0.2) is 19.0 Å². The molecular weight excluding hydrogens is 440 g/mol. The average Bonchev–Trinajstić information content (AvgIpc) is 2.82. The van der Waals surface area contributed by atoms with Crippen molar-refractivity contribution in [3.8, 4) is 5.75 Å². The predicted octanol–water partition coefficient (Wildman–Crippen LogP) is 1.86. The topological polar surface area (TPSA) is 131 Å². The van der Waals surface area contributed by atoms with E-state index in [9.17, 15) is 18.0 Å².